The van der Waals surface area contributed by atoms with E-state index < -0.39 is 17.0 Å². The van der Waals surface area contributed by atoms with Gasteiger partial charge < -0.3 is 20.5 Å². The molecule has 1 aliphatic rings. The zero-order valence-corrected chi connectivity index (χ0v) is 17.4. The monoisotopic (exact) mass is 489 g/mol. The van der Waals surface area contributed by atoms with Gasteiger partial charge in [0.15, 0.2) is 5.96 Å². The van der Waals surface area contributed by atoms with E-state index in [4.69, 9.17) is 15.2 Å². The molecule has 0 amide bonds. The van der Waals surface area contributed by atoms with Crippen LogP contribution in [-0.2, 0) is 5.41 Å². The molecule has 0 atom stereocenters. The first-order valence-corrected chi connectivity index (χ1v) is 8.22. The number of nitrogens with zero attached hydrogens (tertiary/aromatic N) is 1. The lowest BCUT2D eigenvalue weighted by Crippen LogP contribution is -2.25. The molecule has 1 fully saturated rings. The number of anilines is 1. The van der Waals surface area contributed by atoms with E-state index in [-0.39, 0.29) is 42.0 Å². The Morgan fingerprint density at radius 3 is 2.37 bits per heavy atom. The van der Waals surface area contributed by atoms with Gasteiger partial charge in [0.05, 0.1) is 26.5 Å². The van der Waals surface area contributed by atoms with E-state index in [1.54, 1.807) is 32.4 Å². The summed E-state index contributed by atoms with van der Waals surface area (Å²) in [5.74, 6) is 0.260. The highest BCUT2D eigenvalue weighted by Crippen LogP contribution is 2.50. The summed E-state index contributed by atoms with van der Waals surface area (Å²) in [6, 6.07) is 9.13. The van der Waals surface area contributed by atoms with Crippen LogP contribution < -0.4 is 20.5 Å². The van der Waals surface area contributed by atoms with Gasteiger partial charge in [0.25, 0.3) is 0 Å². The number of nitrogens with two attached hydrogens (primary N) is 1. The van der Waals surface area contributed by atoms with E-state index in [9.17, 15) is 8.78 Å². The molecule has 27 heavy (non-hydrogen) atoms. The molecule has 0 aliphatic heterocycles. The number of halogens is 3. The van der Waals surface area contributed by atoms with Gasteiger partial charge in [-0.25, -0.2) is 8.78 Å². The summed E-state index contributed by atoms with van der Waals surface area (Å²) < 4.78 is 38.6. The zero-order valence-electron chi connectivity index (χ0n) is 15.1. The maximum atomic E-state index is 14.1. The van der Waals surface area contributed by atoms with Crippen LogP contribution in [0.1, 0.15) is 18.4 Å². The first kappa shape index (κ1) is 21.2. The molecule has 0 bridgehead atoms. The number of nitrogens with one attached hydrogen (secondary N) is 1. The first-order valence-electron chi connectivity index (χ1n) is 8.22. The van der Waals surface area contributed by atoms with E-state index in [0.717, 1.165) is 0 Å². The minimum absolute atomic E-state index is 0. The Labute approximate surface area is 174 Å². The van der Waals surface area contributed by atoms with Crippen LogP contribution in [-0.4, -0.2) is 26.7 Å². The number of rotatable bonds is 6. The van der Waals surface area contributed by atoms with Crippen molar-refractivity contribution in [2.45, 2.75) is 18.3 Å². The smallest absolute Gasteiger partial charge is 0.193 e. The number of hydrogen-bond donors (Lipinski definition) is 2. The number of ether oxygens (including phenoxy) is 2. The number of methoxy groups -OCH3 is 2. The fraction of sp³-hybridized carbons (Fsp3) is 0.316. The Balaban J connectivity index is 0.00000261. The van der Waals surface area contributed by atoms with Gasteiger partial charge in [-0.15, -0.1) is 24.0 Å². The normalized spacial score (nSPS) is 14.9. The highest BCUT2D eigenvalue weighted by Gasteiger charge is 2.47. The van der Waals surface area contributed by atoms with Gasteiger partial charge in [0.2, 0.25) is 0 Å². The maximum Gasteiger partial charge on any atom is 0.193 e. The molecule has 2 aromatic carbocycles. The van der Waals surface area contributed by atoms with Crippen LogP contribution in [0.5, 0.6) is 11.5 Å². The Kier molecular flexibility index (Phi) is 6.85. The van der Waals surface area contributed by atoms with E-state index in [2.05, 4.69) is 10.3 Å². The third-order valence-electron chi connectivity index (χ3n) is 4.57. The number of aliphatic imine (C=N–C) groups is 1. The molecule has 1 aliphatic carbocycles. The third kappa shape index (κ3) is 4.60. The lowest BCUT2D eigenvalue weighted by Gasteiger charge is -2.16. The van der Waals surface area contributed by atoms with E-state index in [1.165, 1.54) is 18.2 Å². The molecular weight excluding hydrogens is 467 g/mol. The minimum Gasteiger partial charge on any atom is -0.497 e. The van der Waals surface area contributed by atoms with Gasteiger partial charge >= 0.3 is 0 Å². The Morgan fingerprint density at radius 2 is 1.81 bits per heavy atom. The summed E-state index contributed by atoms with van der Waals surface area (Å²) in [6.45, 7) is 0.204. The summed E-state index contributed by atoms with van der Waals surface area (Å²) in [4.78, 5) is 4.30. The van der Waals surface area contributed by atoms with Gasteiger partial charge in [-0.1, -0.05) is 6.07 Å². The van der Waals surface area contributed by atoms with Crippen LogP contribution in [0.2, 0.25) is 0 Å². The average Bonchev–Trinajstić information content (AvgIpc) is 3.40. The van der Waals surface area contributed by atoms with E-state index in [1.807, 2.05) is 0 Å². The molecule has 146 valence electrons. The Morgan fingerprint density at radius 1 is 1.15 bits per heavy atom. The van der Waals surface area contributed by atoms with Gasteiger partial charge in [-0.2, -0.15) is 0 Å². The summed E-state index contributed by atoms with van der Waals surface area (Å²) in [5, 5.41) is 2.95. The molecular formula is C19H22F2IN3O2. The van der Waals surface area contributed by atoms with Crippen molar-refractivity contribution in [1.82, 2.24) is 0 Å². The molecule has 8 heteroatoms. The predicted octanol–water partition coefficient (Wildman–Crippen LogP) is 4.06. The number of benzene rings is 2. The molecule has 3 N–H and O–H groups in total. The van der Waals surface area contributed by atoms with Crippen molar-refractivity contribution in [3.63, 3.8) is 0 Å². The van der Waals surface area contributed by atoms with Gasteiger partial charge in [-0.3, -0.25) is 4.99 Å². The quantitative estimate of drug-likeness (QED) is 0.365. The average molecular weight is 489 g/mol. The highest BCUT2D eigenvalue weighted by molar-refractivity contribution is 14.0. The molecule has 0 saturated heterocycles. The maximum absolute atomic E-state index is 14.1. The van der Waals surface area contributed by atoms with Crippen LogP contribution >= 0.6 is 24.0 Å². The van der Waals surface area contributed by atoms with Crippen LogP contribution in [0.4, 0.5) is 14.5 Å². The van der Waals surface area contributed by atoms with Crippen molar-refractivity contribution < 1.29 is 18.3 Å². The van der Waals surface area contributed by atoms with Gasteiger partial charge in [0, 0.05) is 17.0 Å². The fourth-order valence-electron chi connectivity index (χ4n) is 2.97. The summed E-state index contributed by atoms with van der Waals surface area (Å²) in [6.07, 6.45) is 1.34. The van der Waals surface area contributed by atoms with Crippen molar-refractivity contribution in [2.24, 2.45) is 10.7 Å². The first-order chi connectivity index (χ1) is 12.5. The topological polar surface area (TPSA) is 68.9 Å². The van der Waals surface area contributed by atoms with Crippen LogP contribution in [0, 0.1) is 11.6 Å². The number of guanidine groups is 1. The molecule has 1 saturated carbocycles. The lowest BCUT2D eigenvalue weighted by molar-refractivity contribution is 0.405. The van der Waals surface area contributed by atoms with Crippen molar-refractivity contribution in [1.29, 1.82) is 0 Å². The van der Waals surface area contributed by atoms with Gasteiger partial charge in [0.1, 0.15) is 23.1 Å². The van der Waals surface area contributed by atoms with E-state index >= 15 is 0 Å². The molecule has 0 radical (unpaired) electrons. The minimum atomic E-state index is -0.625. The predicted molar refractivity (Wildman–Crippen MR) is 112 cm³/mol. The van der Waals surface area contributed by atoms with Crippen molar-refractivity contribution in [3.8, 4) is 11.5 Å². The van der Waals surface area contributed by atoms with Crippen LogP contribution in [0.25, 0.3) is 0 Å². The molecule has 0 aromatic heterocycles. The SMILES string of the molecule is COc1ccc(OC)c(NC(N)=NCC2(c3c(F)cccc3F)CC2)c1.I. The van der Waals surface area contributed by atoms with Gasteiger partial charge in [-0.05, 0) is 37.1 Å². The molecule has 3 rings (SSSR count). The standard InChI is InChI=1S/C19H21F2N3O2.HI/c1-25-12-6-7-16(26-2)15(10-12)24-18(22)23-11-19(8-9-19)17-13(20)4-3-5-14(17)21;/h3-7,10H,8-9,11H2,1-2H3,(H3,22,23,24);1H. The molecule has 5 nitrogen and oxygen atoms in total. The Hall–Kier alpha value is -2.10. The fourth-order valence-corrected chi connectivity index (χ4v) is 2.97. The second-order valence-corrected chi connectivity index (χ2v) is 6.27. The molecule has 0 unspecified atom stereocenters. The summed E-state index contributed by atoms with van der Waals surface area (Å²) >= 11 is 0. The third-order valence-corrected chi connectivity index (χ3v) is 4.57. The summed E-state index contributed by atoms with van der Waals surface area (Å²) in [7, 11) is 3.10. The molecule has 2 aromatic rings. The van der Waals surface area contributed by atoms with Crippen molar-refractivity contribution in [3.05, 3.63) is 53.6 Å². The molecule has 0 spiro atoms. The second-order valence-electron chi connectivity index (χ2n) is 6.27. The van der Waals surface area contributed by atoms with Crippen LogP contribution in [0.3, 0.4) is 0 Å². The second kappa shape index (κ2) is 8.73. The van der Waals surface area contributed by atoms with Crippen molar-refractivity contribution >= 4 is 35.6 Å². The van der Waals surface area contributed by atoms with Crippen LogP contribution in [0.15, 0.2) is 41.4 Å². The Bertz CT molecular complexity index is 821. The van der Waals surface area contributed by atoms with Crippen molar-refractivity contribution in [2.75, 3.05) is 26.1 Å². The number of hydrogen-bond acceptors (Lipinski definition) is 3. The molecule has 0 heterocycles. The van der Waals surface area contributed by atoms with E-state index in [0.29, 0.717) is 30.0 Å². The highest BCUT2D eigenvalue weighted by atomic mass is 127. The summed E-state index contributed by atoms with van der Waals surface area (Å²) in [5.41, 5.74) is 6.03. The lowest BCUT2D eigenvalue weighted by atomic mass is 9.95. The zero-order chi connectivity index (χ0) is 18.7. The largest absolute Gasteiger partial charge is 0.497 e.